The maximum atomic E-state index is 12.6. The molecule has 1 amide bonds. The smallest absolute Gasteiger partial charge is 0.340 e. The number of anilines is 3. The zero-order chi connectivity index (χ0) is 19.4. The van der Waals surface area contributed by atoms with Gasteiger partial charge in [-0.25, -0.2) is 9.97 Å². The molecular weight excluding hydrogens is 357 g/mol. The van der Waals surface area contributed by atoms with Gasteiger partial charge in [-0.15, -0.1) is 0 Å². The zero-order valence-electron chi connectivity index (χ0n) is 14.2. The van der Waals surface area contributed by atoms with E-state index in [2.05, 4.69) is 20.6 Å². The minimum absolute atomic E-state index is 0.126. The van der Waals surface area contributed by atoms with E-state index in [0.717, 1.165) is 17.7 Å². The van der Waals surface area contributed by atoms with Crippen molar-refractivity contribution in [3.8, 4) is 0 Å². The molecule has 0 unspecified atom stereocenters. The van der Waals surface area contributed by atoms with Crippen molar-refractivity contribution < 1.29 is 18.0 Å². The maximum Gasteiger partial charge on any atom is 0.416 e. The Morgan fingerprint density at radius 3 is 2.37 bits per heavy atom. The highest BCUT2D eigenvalue weighted by Gasteiger charge is 2.29. The molecule has 138 valence electrons. The quantitative estimate of drug-likeness (QED) is 0.690. The Kier molecular flexibility index (Phi) is 5.07. The molecule has 2 aromatic carbocycles. The molecule has 0 aliphatic heterocycles. The van der Waals surface area contributed by atoms with E-state index in [1.165, 1.54) is 24.5 Å². The monoisotopic (exact) mass is 372 g/mol. The molecule has 0 saturated carbocycles. The van der Waals surface area contributed by atoms with Crippen LogP contribution in [0.3, 0.4) is 0 Å². The van der Waals surface area contributed by atoms with Crippen molar-refractivity contribution in [2.24, 2.45) is 0 Å². The van der Waals surface area contributed by atoms with E-state index in [4.69, 9.17) is 0 Å². The number of nitrogens with one attached hydrogen (secondary N) is 2. The Balaban J connectivity index is 1.72. The van der Waals surface area contributed by atoms with Crippen LogP contribution in [-0.2, 0) is 6.18 Å². The first-order chi connectivity index (χ1) is 12.8. The number of amides is 1. The molecule has 27 heavy (non-hydrogen) atoms. The van der Waals surface area contributed by atoms with Gasteiger partial charge in [-0.3, -0.25) is 4.79 Å². The summed E-state index contributed by atoms with van der Waals surface area (Å²) in [5.74, 6) is -0.127. The second-order valence-corrected chi connectivity index (χ2v) is 5.81. The van der Waals surface area contributed by atoms with Crippen molar-refractivity contribution >= 4 is 23.1 Å². The van der Waals surface area contributed by atoms with Crippen molar-refractivity contribution in [3.05, 3.63) is 77.7 Å². The lowest BCUT2D eigenvalue weighted by atomic mass is 10.2. The number of halogens is 3. The van der Waals surface area contributed by atoms with Crippen LogP contribution in [0.4, 0.5) is 30.4 Å². The van der Waals surface area contributed by atoms with Gasteiger partial charge in [-0.05, 0) is 48.9 Å². The summed E-state index contributed by atoms with van der Waals surface area (Å²) in [4.78, 5) is 20.2. The number of carbonyl (C=O) groups is 1. The van der Waals surface area contributed by atoms with Gasteiger partial charge in [0.2, 0.25) is 0 Å². The highest BCUT2D eigenvalue weighted by atomic mass is 19.4. The largest absolute Gasteiger partial charge is 0.416 e. The van der Waals surface area contributed by atoms with Crippen LogP contribution in [0.15, 0.2) is 60.9 Å². The number of nitrogens with zero attached hydrogens (tertiary/aromatic N) is 2. The minimum Gasteiger partial charge on any atom is -0.340 e. The molecular formula is C19H15F3N4O. The summed E-state index contributed by atoms with van der Waals surface area (Å²) in [6.07, 6.45) is -3.19. The van der Waals surface area contributed by atoms with Crippen LogP contribution in [0.2, 0.25) is 0 Å². The fourth-order valence-corrected chi connectivity index (χ4v) is 2.36. The average molecular weight is 372 g/mol. The molecule has 0 aliphatic carbocycles. The van der Waals surface area contributed by atoms with Crippen LogP contribution in [0, 0.1) is 6.92 Å². The topological polar surface area (TPSA) is 66.9 Å². The van der Waals surface area contributed by atoms with E-state index in [9.17, 15) is 18.0 Å². The van der Waals surface area contributed by atoms with Crippen LogP contribution < -0.4 is 10.6 Å². The number of aryl methyl sites for hydroxylation is 1. The third-order valence-electron chi connectivity index (χ3n) is 3.66. The van der Waals surface area contributed by atoms with E-state index >= 15 is 0 Å². The first-order valence-corrected chi connectivity index (χ1v) is 7.95. The molecule has 3 aromatic rings. The summed E-state index contributed by atoms with van der Waals surface area (Å²) in [5.41, 5.74) is 1.43. The lowest BCUT2D eigenvalue weighted by Gasteiger charge is -2.10. The molecule has 3 rings (SSSR count). The summed E-state index contributed by atoms with van der Waals surface area (Å²) < 4.78 is 37.8. The maximum absolute atomic E-state index is 12.6. The van der Waals surface area contributed by atoms with Crippen LogP contribution in [0.5, 0.6) is 0 Å². The lowest BCUT2D eigenvalue weighted by Crippen LogP contribution is -2.14. The molecule has 2 N–H and O–H groups in total. The number of hydrogen-bond acceptors (Lipinski definition) is 4. The summed E-state index contributed by atoms with van der Waals surface area (Å²) in [6.45, 7) is 1.91. The lowest BCUT2D eigenvalue weighted by molar-refractivity contribution is -0.137. The Morgan fingerprint density at radius 1 is 0.963 bits per heavy atom. The molecule has 0 saturated heterocycles. The van der Waals surface area contributed by atoms with E-state index < -0.39 is 17.6 Å². The van der Waals surface area contributed by atoms with Crippen molar-refractivity contribution in [1.82, 2.24) is 9.97 Å². The highest BCUT2D eigenvalue weighted by molar-refractivity contribution is 6.03. The molecule has 8 heteroatoms. The Labute approximate surface area is 153 Å². The normalized spacial score (nSPS) is 11.1. The van der Waals surface area contributed by atoms with Gasteiger partial charge < -0.3 is 10.6 Å². The number of alkyl halides is 3. The molecule has 0 atom stereocenters. The first kappa shape index (κ1) is 18.4. The fraction of sp³-hybridized carbons (Fsp3) is 0.105. The predicted octanol–water partition coefficient (Wildman–Crippen LogP) is 4.80. The molecule has 0 aliphatic rings. The van der Waals surface area contributed by atoms with Gasteiger partial charge >= 0.3 is 6.18 Å². The highest BCUT2D eigenvalue weighted by Crippen LogP contribution is 2.30. The summed E-state index contributed by atoms with van der Waals surface area (Å²) in [7, 11) is 0. The molecule has 0 spiro atoms. The zero-order valence-corrected chi connectivity index (χ0v) is 14.2. The SMILES string of the molecule is Cc1cccc(NC(=O)c2cc(Nc3ccc(C(F)(F)F)cc3)ncn2)c1. The third kappa shape index (κ3) is 4.81. The minimum atomic E-state index is -4.39. The first-order valence-electron chi connectivity index (χ1n) is 7.95. The van der Waals surface area contributed by atoms with Crippen molar-refractivity contribution in [3.63, 3.8) is 0 Å². The number of hydrogen-bond donors (Lipinski definition) is 2. The van der Waals surface area contributed by atoms with E-state index in [1.807, 2.05) is 25.1 Å². The van der Waals surface area contributed by atoms with Gasteiger partial charge in [0.05, 0.1) is 5.56 Å². The van der Waals surface area contributed by atoms with E-state index in [0.29, 0.717) is 17.2 Å². The van der Waals surface area contributed by atoms with Crippen LogP contribution in [-0.4, -0.2) is 15.9 Å². The van der Waals surface area contributed by atoms with Crippen LogP contribution in [0.1, 0.15) is 21.6 Å². The predicted molar refractivity (Wildman–Crippen MR) is 95.9 cm³/mol. The van der Waals surface area contributed by atoms with Crippen molar-refractivity contribution in [2.75, 3.05) is 10.6 Å². The molecule has 0 bridgehead atoms. The van der Waals surface area contributed by atoms with Gasteiger partial charge in [0.25, 0.3) is 5.91 Å². The second-order valence-electron chi connectivity index (χ2n) is 5.81. The van der Waals surface area contributed by atoms with Crippen molar-refractivity contribution in [2.45, 2.75) is 13.1 Å². The molecule has 0 radical (unpaired) electrons. The Bertz CT molecular complexity index is 956. The molecule has 5 nitrogen and oxygen atoms in total. The molecule has 1 aromatic heterocycles. The molecule has 0 fully saturated rings. The standard InChI is InChI=1S/C19H15F3N4O/c1-12-3-2-4-15(9-12)26-18(27)16-10-17(24-11-23-16)25-14-7-5-13(6-8-14)19(20,21)22/h2-11H,1H3,(H,26,27)(H,23,24,25). The van der Waals surface area contributed by atoms with Gasteiger partial charge in [0.15, 0.2) is 0 Å². The van der Waals surface area contributed by atoms with Crippen molar-refractivity contribution in [1.29, 1.82) is 0 Å². The van der Waals surface area contributed by atoms with Crippen LogP contribution in [0.25, 0.3) is 0 Å². The Hall–Kier alpha value is -3.42. The van der Waals surface area contributed by atoms with E-state index in [-0.39, 0.29) is 5.69 Å². The number of rotatable bonds is 4. The van der Waals surface area contributed by atoms with Gasteiger partial charge in [0.1, 0.15) is 17.8 Å². The fourth-order valence-electron chi connectivity index (χ4n) is 2.36. The third-order valence-corrected chi connectivity index (χ3v) is 3.66. The number of carbonyl (C=O) groups excluding carboxylic acids is 1. The van der Waals surface area contributed by atoms with Gasteiger partial charge in [-0.1, -0.05) is 12.1 Å². The van der Waals surface area contributed by atoms with Crippen LogP contribution >= 0.6 is 0 Å². The summed E-state index contributed by atoms with van der Waals surface area (Å²) >= 11 is 0. The Morgan fingerprint density at radius 2 is 1.70 bits per heavy atom. The molecule has 1 heterocycles. The second kappa shape index (κ2) is 7.45. The summed E-state index contributed by atoms with van der Waals surface area (Å²) in [6, 6.07) is 13.2. The van der Waals surface area contributed by atoms with Gasteiger partial charge in [-0.2, -0.15) is 13.2 Å². The van der Waals surface area contributed by atoms with Gasteiger partial charge in [0, 0.05) is 17.4 Å². The average Bonchev–Trinajstić information content (AvgIpc) is 2.62. The summed E-state index contributed by atoms with van der Waals surface area (Å²) in [5, 5.41) is 5.58. The number of aromatic nitrogens is 2. The van der Waals surface area contributed by atoms with E-state index in [1.54, 1.807) is 6.07 Å². The number of benzene rings is 2.